The summed E-state index contributed by atoms with van der Waals surface area (Å²) in [7, 11) is 0. The Hall–Kier alpha value is -0.268. The van der Waals surface area contributed by atoms with Gasteiger partial charge in [0.15, 0.2) is 0 Å². The molecule has 1 rings (SSSR count). The number of rotatable bonds is 3. The minimum atomic E-state index is 0. The summed E-state index contributed by atoms with van der Waals surface area (Å²) in [5, 5.41) is 7.80. The molecule has 0 aliphatic heterocycles. The largest absolute Gasteiger partial charge is 2.00 e. The number of hydrogen-bond acceptors (Lipinski definition) is 4. The Morgan fingerprint density at radius 1 is 1.20 bits per heavy atom. The molecule has 78 valence electrons. The van der Waals surface area contributed by atoms with Gasteiger partial charge in [0.2, 0.25) is 0 Å². The van der Waals surface area contributed by atoms with Crippen LogP contribution in [0.1, 0.15) is 39.4 Å². The second-order valence-electron chi connectivity index (χ2n) is 3.66. The van der Waals surface area contributed by atoms with Crippen LogP contribution in [-0.2, 0) is 0 Å². The maximum absolute atomic E-state index is 4.02. The van der Waals surface area contributed by atoms with Crippen LogP contribution in [0.25, 0.3) is 0 Å². The van der Waals surface area contributed by atoms with Crippen molar-refractivity contribution in [3.63, 3.8) is 0 Å². The number of hydrogen-bond donors (Lipinski definition) is 0. The normalized spacial score (nSPS) is 11.1. The monoisotopic (exact) mass is 428 g/mol. The molecule has 0 atom stereocenters. The Morgan fingerprint density at radius 3 is 2.27 bits per heavy atom. The molecule has 1 aromatic rings. The predicted molar refractivity (Wildman–Crippen MR) is 54.7 cm³/mol. The molecule has 0 radical (unpaired) electrons. The Labute approximate surface area is 114 Å². The molecule has 0 bridgehead atoms. The quantitative estimate of drug-likeness (QED) is 0.547. The fourth-order valence-corrected chi connectivity index (χ4v) is 0.733. The molecule has 15 heavy (non-hydrogen) atoms. The van der Waals surface area contributed by atoms with Gasteiger partial charge >= 0.3 is 31.1 Å². The molecular weight excluding hydrogens is 414 g/mol. The first-order valence-electron chi connectivity index (χ1n) is 4.68. The molecule has 0 saturated carbocycles. The number of nitrogens with zero attached hydrogens (tertiary/aromatic N) is 4. The van der Waals surface area contributed by atoms with E-state index in [9.17, 15) is 0 Å². The number of aliphatic imine (C=N–C) groups is 1. The van der Waals surface area contributed by atoms with Gasteiger partial charge in [-0.05, 0) is 5.82 Å². The maximum atomic E-state index is 4.02. The third kappa shape index (κ3) is 5.39. The van der Waals surface area contributed by atoms with Crippen molar-refractivity contribution in [2.24, 2.45) is 10.9 Å². The average Bonchev–Trinajstić information content (AvgIpc) is 2.15. The van der Waals surface area contributed by atoms with E-state index in [0.717, 1.165) is 0 Å². The zero-order valence-corrected chi connectivity index (χ0v) is 13.6. The van der Waals surface area contributed by atoms with Crippen LogP contribution in [0.5, 0.6) is 0 Å². The van der Waals surface area contributed by atoms with Crippen LogP contribution in [0.15, 0.2) is 4.99 Å². The van der Waals surface area contributed by atoms with Gasteiger partial charge in [0.05, 0.1) is 0 Å². The van der Waals surface area contributed by atoms with Crippen LogP contribution in [0.4, 0.5) is 5.82 Å². The van der Waals surface area contributed by atoms with Crippen LogP contribution in [0.3, 0.4) is 0 Å². The van der Waals surface area contributed by atoms with Crippen LogP contribution >= 0.6 is 0 Å². The summed E-state index contributed by atoms with van der Waals surface area (Å²) in [5.41, 5.74) is 0. The zero-order valence-electron chi connectivity index (χ0n) is 9.44. The van der Waals surface area contributed by atoms with E-state index in [1.165, 1.54) is 0 Å². The average molecular weight is 428 g/mol. The molecule has 0 aromatic carbocycles. The van der Waals surface area contributed by atoms with Crippen molar-refractivity contribution in [1.82, 2.24) is 15.2 Å². The van der Waals surface area contributed by atoms with Crippen molar-refractivity contribution in [3.05, 3.63) is 12.0 Å². The molecule has 1 heterocycles. The fraction of sp³-hybridized carbons (Fsp3) is 0.600. The first-order valence-corrected chi connectivity index (χ1v) is 4.68. The second-order valence-corrected chi connectivity index (χ2v) is 3.66. The molecule has 4 nitrogen and oxygen atoms in total. The Morgan fingerprint density at radius 2 is 1.87 bits per heavy atom. The van der Waals surface area contributed by atoms with Crippen molar-refractivity contribution in [2.75, 3.05) is 0 Å². The molecule has 0 fully saturated rings. The van der Waals surface area contributed by atoms with Gasteiger partial charge in [-0.25, -0.2) is 6.20 Å². The molecule has 1 aromatic heterocycles. The minimum Gasteiger partial charge on any atom is -0.454 e. The van der Waals surface area contributed by atoms with E-state index in [4.69, 9.17) is 0 Å². The summed E-state index contributed by atoms with van der Waals surface area (Å²) in [6.45, 7) is 8.00. The Balaban J connectivity index is 0.00000196. The van der Waals surface area contributed by atoms with Crippen molar-refractivity contribution >= 4 is 12.0 Å². The van der Waals surface area contributed by atoms with Gasteiger partial charge in [-0.1, -0.05) is 45.3 Å². The fourth-order valence-electron chi connectivity index (χ4n) is 0.733. The molecule has 0 unspecified atom stereocenters. The summed E-state index contributed by atoms with van der Waals surface area (Å²) >= 11 is 0. The molecule has 0 amide bonds. The molecular formula is C10H14N4U. The van der Waals surface area contributed by atoms with E-state index in [1.807, 2.05) is 27.7 Å². The van der Waals surface area contributed by atoms with Gasteiger partial charge in [0, 0.05) is 0 Å². The molecule has 0 N–H and O–H groups in total. The number of aromatic nitrogens is 3. The van der Waals surface area contributed by atoms with E-state index in [0.29, 0.717) is 11.6 Å². The van der Waals surface area contributed by atoms with Gasteiger partial charge in [-0.2, -0.15) is 6.21 Å². The van der Waals surface area contributed by atoms with E-state index < -0.39 is 0 Å². The third-order valence-corrected chi connectivity index (χ3v) is 1.46. The SMILES string of the molecule is CC(C)[C-]=Nc1[c-]nc(C(C)C)nn1.[U+2]. The van der Waals surface area contributed by atoms with Gasteiger partial charge < -0.3 is 9.98 Å². The maximum Gasteiger partial charge on any atom is 2.00 e. The first kappa shape index (κ1) is 14.7. The van der Waals surface area contributed by atoms with E-state index in [2.05, 4.69) is 32.6 Å². The predicted octanol–water partition coefficient (Wildman–Crippen LogP) is 2.03. The van der Waals surface area contributed by atoms with Gasteiger partial charge in [-0.3, -0.25) is 10.2 Å². The topological polar surface area (TPSA) is 51.0 Å². The summed E-state index contributed by atoms with van der Waals surface area (Å²) in [6, 6.07) is 0. The van der Waals surface area contributed by atoms with E-state index in [1.54, 1.807) is 0 Å². The first-order chi connectivity index (χ1) is 6.59. The van der Waals surface area contributed by atoms with Crippen LogP contribution in [0, 0.1) is 43.2 Å². The molecule has 0 spiro atoms. The zero-order chi connectivity index (χ0) is 10.6. The van der Waals surface area contributed by atoms with Crippen molar-refractivity contribution in [1.29, 1.82) is 0 Å². The molecule has 0 saturated heterocycles. The Kier molecular flexibility index (Phi) is 6.95. The smallest absolute Gasteiger partial charge is 0.454 e. The van der Waals surface area contributed by atoms with Gasteiger partial charge in [-0.15, -0.1) is 0 Å². The third-order valence-electron chi connectivity index (χ3n) is 1.46. The van der Waals surface area contributed by atoms with Crippen LogP contribution in [0.2, 0.25) is 0 Å². The van der Waals surface area contributed by atoms with Crippen LogP contribution in [-0.4, -0.2) is 21.4 Å². The summed E-state index contributed by atoms with van der Waals surface area (Å²) in [6.07, 6.45) is 5.58. The van der Waals surface area contributed by atoms with Crippen molar-refractivity contribution < 1.29 is 31.1 Å². The molecule has 5 heteroatoms. The standard InChI is InChI=1S/C10H14N4.U/c1-7(2)5-11-9-6-12-10(8(3)4)14-13-9;/h7-8H,1-4H3;/q-2;+2. The van der Waals surface area contributed by atoms with Gasteiger partial charge in [0.1, 0.15) is 0 Å². The molecule has 0 aliphatic carbocycles. The van der Waals surface area contributed by atoms with E-state index in [-0.39, 0.29) is 42.9 Å². The summed E-state index contributed by atoms with van der Waals surface area (Å²) < 4.78 is 0. The minimum absolute atomic E-state index is 0. The van der Waals surface area contributed by atoms with Crippen molar-refractivity contribution in [3.8, 4) is 0 Å². The van der Waals surface area contributed by atoms with Crippen LogP contribution < -0.4 is 0 Å². The summed E-state index contributed by atoms with van der Waals surface area (Å²) in [4.78, 5) is 7.99. The summed E-state index contributed by atoms with van der Waals surface area (Å²) in [5.74, 6) is 1.62. The second kappa shape index (κ2) is 7.08. The van der Waals surface area contributed by atoms with Crippen molar-refractivity contribution in [2.45, 2.75) is 33.6 Å². The Bertz CT molecular complexity index is 306. The van der Waals surface area contributed by atoms with Gasteiger partial charge in [0.25, 0.3) is 0 Å². The van der Waals surface area contributed by atoms with E-state index >= 15 is 0 Å². The molecule has 0 aliphatic rings.